The van der Waals surface area contributed by atoms with E-state index in [1.165, 1.54) is 25.8 Å². The van der Waals surface area contributed by atoms with E-state index in [-0.39, 0.29) is 0 Å². The molecule has 3 nitrogen and oxygen atoms in total. The molecule has 0 aromatic carbocycles. The van der Waals surface area contributed by atoms with Crippen molar-refractivity contribution in [1.29, 1.82) is 0 Å². The Morgan fingerprint density at radius 2 is 2.12 bits per heavy atom. The first kappa shape index (κ1) is 12.9. The molecule has 2 aliphatic rings. The van der Waals surface area contributed by atoms with Gasteiger partial charge in [0.05, 0.1) is 0 Å². The van der Waals surface area contributed by atoms with Gasteiger partial charge in [-0.3, -0.25) is 4.79 Å². The topological polar surface area (TPSA) is 23.6 Å². The second kappa shape index (κ2) is 5.85. The summed E-state index contributed by atoms with van der Waals surface area (Å²) in [6.45, 7) is 5.38. The van der Waals surface area contributed by atoms with Crippen molar-refractivity contribution in [3.05, 3.63) is 0 Å². The minimum atomic E-state index is 0.388. The number of carbonyl (C=O) groups excluding carboxylic acids is 1. The Bertz CT molecular complexity index is 267. The van der Waals surface area contributed by atoms with E-state index < -0.39 is 0 Å². The van der Waals surface area contributed by atoms with Gasteiger partial charge in [0, 0.05) is 25.6 Å². The lowest BCUT2D eigenvalue weighted by Gasteiger charge is -2.46. The summed E-state index contributed by atoms with van der Waals surface area (Å²) in [4.78, 5) is 16.6. The zero-order chi connectivity index (χ0) is 12.3. The van der Waals surface area contributed by atoms with Crippen molar-refractivity contribution in [3.63, 3.8) is 0 Å². The number of hydrogen-bond acceptors (Lipinski definition) is 2. The number of fused-ring (bicyclic) bond motifs is 1. The summed E-state index contributed by atoms with van der Waals surface area (Å²) in [6.07, 6.45) is 6.71. The molecule has 98 valence electrons. The quantitative estimate of drug-likeness (QED) is 0.752. The molecule has 0 spiro atoms. The van der Waals surface area contributed by atoms with Crippen LogP contribution in [-0.2, 0) is 4.79 Å². The van der Waals surface area contributed by atoms with Crippen LogP contribution in [0.15, 0.2) is 0 Å². The number of nitrogens with zero attached hydrogens (tertiary/aromatic N) is 2. The predicted octanol–water partition coefficient (Wildman–Crippen LogP) is 2.12. The van der Waals surface area contributed by atoms with E-state index in [1.54, 1.807) is 0 Å². The fraction of sp³-hybridized carbons (Fsp3) is 0.929. The van der Waals surface area contributed by atoms with Crippen molar-refractivity contribution in [2.75, 3.05) is 26.7 Å². The van der Waals surface area contributed by atoms with Crippen LogP contribution < -0.4 is 0 Å². The highest BCUT2D eigenvalue weighted by atomic mass is 16.2. The van der Waals surface area contributed by atoms with Gasteiger partial charge in [-0.05, 0) is 45.2 Å². The van der Waals surface area contributed by atoms with Gasteiger partial charge in [0.2, 0.25) is 5.91 Å². The van der Waals surface area contributed by atoms with Gasteiger partial charge in [0.25, 0.3) is 0 Å². The Hall–Kier alpha value is -0.570. The third-order valence-electron chi connectivity index (χ3n) is 4.44. The summed E-state index contributed by atoms with van der Waals surface area (Å²) < 4.78 is 0. The molecule has 0 aliphatic carbocycles. The Kier molecular flexibility index (Phi) is 4.43. The summed E-state index contributed by atoms with van der Waals surface area (Å²) >= 11 is 0. The number of piperidine rings is 2. The highest BCUT2D eigenvalue weighted by Crippen LogP contribution is 2.29. The lowest BCUT2D eigenvalue weighted by atomic mass is 9.84. The van der Waals surface area contributed by atoms with E-state index >= 15 is 0 Å². The molecule has 0 aromatic heterocycles. The number of unbranched alkanes of at least 4 members (excludes halogenated alkanes) is 1. The number of amides is 1. The minimum Gasteiger partial charge on any atom is -0.342 e. The van der Waals surface area contributed by atoms with Gasteiger partial charge in [-0.25, -0.2) is 0 Å². The molecule has 0 saturated carbocycles. The third-order valence-corrected chi connectivity index (χ3v) is 4.44. The molecule has 0 bridgehead atoms. The molecule has 2 aliphatic heterocycles. The molecule has 0 N–H and O–H groups in total. The van der Waals surface area contributed by atoms with Gasteiger partial charge in [0.1, 0.15) is 0 Å². The van der Waals surface area contributed by atoms with E-state index in [9.17, 15) is 4.79 Å². The molecule has 2 heterocycles. The first-order chi connectivity index (χ1) is 8.22. The fourth-order valence-corrected chi connectivity index (χ4v) is 3.37. The smallest absolute Gasteiger partial charge is 0.222 e. The van der Waals surface area contributed by atoms with Crippen LogP contribution in [0.1, 0.15) is 45.4 Å². The number of likely N-dealkylation sites (tertiary alicyclic amines) is 2. The molecule has 2 rings (SSSR count). The summed E-state index contributed by atoms with van der Waals surface area (Å²) in [7, 11) is 2.24. The van der Waals surface area contributed by atoms with Crippen LogP contribution >= 0.6 is 0 Å². The largest absolute Gasteiger partial charge is 0.342 e. The molecule has 2 atom stereocenters. The van der Waals surface area contributed by atoms with Crippen molar-refractivity contribution in [1.82, 2.24) is 9.80 Å². The Morgan fingerprint density at radius 1 is 1.29 bits per heavy atom. The Balaban J connectivity index is 1.86. The molecule has 0 radical (unpaired) electrons. The normalized spacial score (nSPS) is 30.1. The number of rotatable bonds is 3. The van der Waals surface area contributed by atoms with Crippen LogP contribution in [0.3, 0.4) is 0 Å². The van der Waals surface area contributed by atoms with Gasteiger partial charge in [0.15, 0.2) is 0 Å². The maximum absolute atomic E-state index is 12.0. The second-order valence-corrected chi connectivity index (χ2v) is 5.68. The first-order valence-electron chi connectivity index (χ1n) is 7.20. The summed E-state index contributed by atoms with van der Waals surface area (Å²) in [5, 5.41) is 0. The Labute approximate surface area is 105 Å². The monoisotopic (exact) mass is 238 g/mol. The van der Waals surface area contributed by atoms with Gasteiger partial charge in [-0.15, -0.1) is 0 Å². The minimum absolute atomic E-state index is 0.388. The Morgan fingerprint density at radius 3 is 2.88 bits per heavy atom. The highest BCUT2D eigenvalue weighted by molar-refractivity contribution is 5.76. The van der Waals surface area contributed by atoms with E-state index in [2.05, 4.69) is 23.8 Å². The first-order valence-corrected chi connectivity index (χ1v) is 7.20. The zero-order valence-electron chi connectivity index (χ0n) is 11.3. The zero-order valence-corrected chi connectivity index (χ0v) is 11.3. The van der Waals surface area contributed by atoms with Crippen molar-refractivity contribution in [2.24, 2.45) is 5.92 Å². The van der Waals surface area contributed by atoms with Gasteiger partial charge >= 0.3 is 0 Å². The summed E-state index contributed by atoms with van der Waals surface area (Å²) in [5.74, 6) is 1.12. The molecule has 0 unspecified atom stereocenters. The van der Waals surface area contributed by atoms with Crippen molar-refractivity contribution in [3.8, 4) is 0 Å². The molecule has 17 heavy (non-hydrogen) atoms. The maximum Gasteiger partial charge on any atom is 0.222 e. The van der Waals surface area contributed by atoms with Crippen LogP contribution in [0.25, 0.3) is 0 Å². The molecule has 0 aromatic rings. The average molecular weight is 238 g/mol. The third kappa shape index (κ3) is 3.01. The molecular weight excluding hydrogens is 212 g/mol. The number of carbonyl (C=O) groups is 1. The van der Waals surface area contributed by atoms with E-state index in [0.29, 0.717) is 5.91 Å². The van der Waals surface area contributed by atoms with Crippen LogP contribution in [0.5, 0.6) is 0 Å². The molecular formula is C14H26N2O. The average Bonchev–Trinajstić information content (AvgIpc) is 2.36. The van der Waals surface area contributed by atoms with Gasteiger partial charge < -0.3 is 9.80 Å². The van der Waals surface area contributed by atoms with Gasteiger partial charge in [-0.2, -0.15) is 0 Å². The summed E-state index contributed by atoms with van der Waals surface area (Å²) in [6, 6.07) is 0.735. The van der Waals surface area contributed by atoms with Crippen LogP contribution in [0.4, 0.5) is 0 Å². The van der Waals surface area contributed by atoms with E-state index in [1.807, 2.05) is 0 Å². The molecule has 2 fully saturated rings. The highest BCUT2D eigenvalue weighted by Gasteiger charge is 2.35. The van der Waals surface area contributed by atoms with Crippen molar-refractivity contribution >= 4 is 5.91 Å². The molecule has 2 saturated heterocycles. The van der Waals surface area contributed by atoms with Crippen LogP contribution in [0, 0.1) is 5.92 Å². The molecule has 3 heteroatoms. The van der Waals surface area contributed by atoms with Gasteiger partial charge in [-0.1, -0.05) is 13.3 Å². The second-order valence-electron chi connectivity index (χ2n) is 5.68. The number of hydrogen-bond donors (Lipinski definition) is 0. The van der Waals surface area contributed by atoms with Crippen LogP contribution in [0.2, 0.25) is 0 Å². The lowest BCUT2D eigenvalue weighted by Crippen LogP contribution is -2.53. The van der Waals surface area contributed by atoms with Crippen molar-refractivity contribution in [2.45, 2.75) is 51.5 Å². The SMILES string of the molecule is CCCCC(=O)N1CC[C@H]2[C@H](CCCN2C)C1. The van der Waals surface area contributed by atoms with E-state index in [4.69, 9.17) is 0 Å². The lowest BCUT2D eigenvalue weighted by molar-refractivity contribution is -0.134. The predicted molar refractivity (Wildman–Crippen MR) is 69.9 cm³/mol. The standard InChI is InChI=1S/C14H26N2O/c1-3-4-7-14(17)16-10-8-13-12(11-16)6-5-9-15(13)2/h12-13H,3-11H2,1-2H3/t12-,13+/m1/s1. The molecule has 1 amide bonds. The van der Waals surface area contributed by atoms with Crippen LogP contribution in [-0.4, -0.2) is 48.4 Å². The maximum atomic E-state index is 12.0. The fourth-order valence-electron chi connectivity index (χ4n) is 3.37. The van der Waals surface area contributed by atoms with Crippen molar-refractivity contribution < 1.29 is 4.79 Å². The summed E-state index contributed by atoms with van der Waals surface area (Å²) in [5.41, 5.74) is 0. The van der Waals surface area contributed by atoms with E-state index in [0.717, 1.165) is 44.3 Å².